The SMILES string of the molecule is NC(=O)N1CCC(Cn2c([CH]Cc3cc(Br)c(N)c(Br)c3)nc3ccccc32)CC1. The predicted octanol–water partition coefficient (Wildman–Crippen LogP) is 4.73. The van der Waals surface area contributed by atoms with E-state index in [4.69, 9.17) is 16.5 Å². The fraction of sp³-hybridized carbons (Fsp3) is 0.318. The number of hydrogen-bond acceptors (Lipinski definition) is 3. The number of likely N-dealkylation sites (tertiary alicyclic amines) is 1. The quantitative estimate of drug-likeness (QED) is 0.464. The van der Waals surface area contributed by atoms with Crippen LogP contribution in [0.3, 0.4) is 0 Å². The zero-order valence-corrected chi connectivity index (χ0v) is 19.7. The molecule has 1 aliphatic rings. The third-order valence-electron chi connectivity index (χ3n) is 5.71. The number of halogens is 2. The molecule has 157 valence electrons. The highest BCUT2D eigenvalue weighted by Gasteiger charge is 2.23. The number of benzene rings is 2. The largest absolute Gasteiger partial charge is 0.397 e. The third kappa shape index (κ3) is 4.49. The highest BCUT2D eigenvalue weighted by molar-refractivity contribution is 9.11. The lowest BCUT2D eigenvalue weighted by Crippen LogP contribution is -2.42. The Morgan fingerprint density at radius 2 is 1.83 bits per heavy atom. The van der Waals surface area contributed by atoms with E-state index in [1.165, 1.54) is 0 Å². The van der Waals surface area contributed by atoms with Crippen molar-refractivity contribution in [2.24, 2.45) is 11.7 Å². The second kappa shape index (κ2) is 8.98. The number of carbonyl (C=O) groups is 1. The van der Waals surface area contributed by atoms with Crippen LogP contribution in [0.2, 0.25) is 0 Å². The molecule has 0 atom stereocenters. The zero-order chi connectivity index (χ0) is 21.3. The second-order valence-electron chi connectivity index (χ2n) is 7.72. The molecule has 0 saturated carbocycles. The van der Waals surface area contributed by atoms with Crippen LogP contribution in [-0.2, 0) is 13.0 Å². The first-order valence-corrected chi connectivity index (χ1v) is 11.6. The first-order valence-electron chi connectivity index (χ1n) is 9.98. The molecule has 2 aromatic carbocycles. The van der Waals surface area contributed by atoms with E-state index >= 15 is 0 Å². The maximum atomic E-state index is 11.4. The minimum absolute atomic E-state index is 0.323. The molecule has 2 heterocycles. The molecule has 1 radical (unpaired) electrons. The number of para-hydroxylation sites is 2. The minimum atomic E-state index is -0.323. The van der Waals surface area contributed by atoms with Gasteiger partial charge in [-0.05, 0) is 86.9 Å². The van der Waals surface area contributed by atoms with Gasteiger partial charge < -0.3 is 20.9 Å². The number of hydrogen-bond donors (Lipinski definition) is 2. The van der Waals surface area contributed by atoms with Crippen molar-refractivity contribution in [3.05, 3.63) is 63.2 Å². The molecule has 1 saturated heterocycles. The summed E-state index contributed by atoms with van der Waals surface area (Å²) in [5.41, 5.74) is 15.4. The number of fused-ring (bicyclic) bond motifs is 1. The van der Waals surface area contributed by atoms with E-state index < -0.39 is 0 Å². The molecular weight excluding hydrogens is 510 g/mol. The number of piperidine rings is 1. The fourth-order valence-electron chi connectivity index (χ4n) is 4.00. The van der Waals surface area contributed by atoms with Crippen molar-refractivity contribution in [1.29, 1.82) is 0 Å². The van der Waals surface area contributed by atoms with E-state index in [9.17, 15) is 4.79 Å². The van der Waals surface area contributed by atoms with Crippen molar-refractivity contribution < 1.29 is 4.79 Å². The molecule has 0 spiro atoms. The number of primary amides is 1. The third-order valence-corrected chi connectivity index (χ3v) is 7.02. The molecule has 1 fully saturated rings. The molecular formula is C22H24Br2N5O. The van der Waals surface area contributed by atoms with Crippen molar-refractivity contribution in [1.82, 2.24) is 14.5 Å². The standard InChI is InChI=1S/C22H24Br2N5O/c23-16-11-15(12-17(24)21(16)25)5-6-20-27-18-3-1-2-4-19(18)29(20)13-14-7-9-28(10-8-14)22(26)30/h1-4,6,11-12,14H,5,7-10,13,25H2,(H2,26,30). The average Bonchev–Trinajstić information content (AvgIpc) is 3.08. The van der Waals surface area contributed by atoms with Crippen molar-refractivity contribution in [2.75, 3.05) is 18.8 Å². The summed E-state index contributed by atoms with van der Waals surface area (Å²) in [6.07, 6.45) is 4.82. The number of urea groups is 1. The van der Waals surface area contributed by atoms with Gasteiger partial charge >= 0.3 is 6.03 Å². The Morgan fingerprint density at radius 3 is 2.50 bits per heavy atom. The molecule has 0 unspecified atom stereocenters. The number of nitrogen functional groups attached to an aromatic ring is 1. The summed E-state index contributed by atoms with van der Waals surface area (Å²) in [6, 6.07) is 12.0. The number of amides is 2. The highest BCUT2D eigenvalue weighted by Crippen LogP contribution is 2.31. The first kappa shape index (κ1) is 21.2. The number of aromatic nitrogens is 2. The summed E-state index contributed by atoms with van der Waals surface area (Å²) >= 11 is 7.04. The van der Waals surface area contributed by atoms with Gasteiger partial charge in [0.1, 0.15) is 5.82 Å². The Bertz CT molecular complexity index is 1050. The fourth-order valence-corrected chi connectivity index (χ4v) is 5.28. The van der Waals surface area contributed by atoms with Gasteiger partial charge in [0.25, 0.3) is 0 Å². The summed E-state index contributed by atoms with van der Waals surface area (Å²) in [6.45, 7) is 2.33. The van der Waals surface area contributed by atoms with Gasteiger partial charge in [-0.3, -0.25) is 0 Å². The van der Waals surface area contributed by atoms with Gasteiger partial charge in [-0.2, -0.15) is 0 Å². The van der Waals surface area contributed by atoms with E-state index in [-0.39, 0.29) is 6.03 Å². The lowest BCUT2D eigenvalue weighted by Gasteiger charge is -2.31. The van der Waals surface area contributed by atoms with E-state index in [0.29, 0.717) is 11.6 Å². The average molecular weight is 534 g/mol. The van der Waals surface area contributed by atoms with Crippen LogP contribution in [0, 0.1) is 12.3 Å². The first-order chi connectivity index (χ1) is 14.4. The Balaban J connectivity index is 1.54. The molecule has 4 rings (SSSR count). The number of nitrogens with two attached hydrogens (primary N) is 2. The summed E-state index contributed by atoms with van der Waals surface area (Å²) in [7, 11) is 0. The van der Waals surface area contributed by atoms with Crippen LogP contribution < -0.4 is 11.5 Å². The Labute approximate surface area is 192 Å². The molecule has 30 heavy (non-hydrogen) atoms. The number of nitrogens with zero attached hydrogens (tertiary/aromatic N) is 3. The van der Waals surface area contributed by atoms with Crippen molar-refractivity contribution in [2.45, 2.75) is 25.8 Å². The van der Waals surface area contributed by atoms with Gasteiger partial charge in [0, 0.05) is 35.0 Å². The maximum absolute atomic E-state index is 11.4. The molecule has 1 aliphatic heterocycles. The molecule has 0 bridgehead atoms. The van der Waals surface area contributed by atoms with Crippen molar-refractivity contribution >= 4 is 54.6 Å². The molecule has 4 N–H and O–H groups in total. The van der Waals surface area contributed by atoms with E-state index in [1.807, 2.05) is 24.3 Å². The molecule has 2 amide bonds. The number of imidazole rings is 1. The number of anilines is 1. The van der Waals surface area contributed by atoms with Crippen LogP contribution in [0.4, 0.5) is 10.5 Å². The minimum Gasteiger partial charge on any atom is -0.397 e. The van der Waals surface area contributed by atoms with Crippen LogP contribution in [0.1, 0.15) is 24.2 Å². The lowest BCUT2D eigenvalue weighted by atomic mass is 9.96. The topological polar surface area (TPSA) is 90.2 Å². The van der Waals surface area contributed by atoms with Gasteiger partial charge in [0.05, 0.1) is 16.7 Å². The van der Waals surface area contributed by atoms with Crippen LogP contribution in [-0.4, -0.2) is 33.6 Å². The van der Waals surface area contributed by atoms with Crippen LogP contribution in [0.15, 0.2) is 45.3 Å². The van der Waals surface area contributed by atoms with Gasteiger partial charge in [-0.1, -0.05) is 12.1 Å². The normalized spacial score (nSPS) is 15.1. The summed E-state index contributed by atoms with van der Waals surface area (Å²) in [4.78, 5) is 18.0. The molecule has 1 aromatic heterocycles. The molecule has 6 nitrogen and oxygen atoms in total. The maximum Gasteiger partial charge on any atom is 0.314 e. The highest BCUT2D eigenvalue weighted by atomic mass is 79.9. The Hall–Kier alpha value is -2.06. The van der Waals surface area contributed by atoms with E-state index in [0.717, 1.165) is 70.3 Å². The van der Waals surface area contributed by atoms with Crippen molar-refractivity contribution in [3.63, 3.8) is 0 Å². The monoisotopic (exact) mass is 532 g/mol. The van der Waals surface area contributed by atoms with Gasteiger partial charge in [-0.15, -0.1) is 0 Å². The predicted molar refractivity (Wildman–Crippen MR) is 127 cm³/mol. The van der Waals surface area contributed by atoms with Crippen LogP contribution >= 0.6 is 31.9 Å². The summed E-state index contributed by atoms with van der Waals surface area (Å²) in [5.74, 6) is 1.46. The van der Waals surface area contributed by atoms with E-state index in [1.54, 1.807) is 4.90 Å². The van der Waals surface area contributed by atoms with Crippen molar-refractivity contribution in [3.8, 4) is 0 Å². The van der Waals surface area contributed by atoms with Gasteiger partial charge in [-0.25, -0.2) is 9.78 Å². The Kier molecular flexibility index (Phi) is 6.34. The molecule has 3 aromatic rings. The number of carbonyl (C=O) groups excluding carboxylic acids is 1. The van der Waals surface area contributed by atoms with E-state index in [2.05, 4.69) is 55.0 Å². The van der Waals surface area contributed by atoms with Crippen LogP contribution in [0.25, 0.3) is 11.0 Å². The summed E-state index contributed by atoms with van der Waals surface area (Å²) in [5, 5.41) is 0. The van der Waals surface area contributed by atoms with Gasteiger partial charge in [0.15, 0.2) is 0 Å². The molecule has 0 aliphatic carbocycles. The number of rotatable bonds is 5. The summed E-state index contributed by atoms with van der Waals surface area (Å²) < 4.78 is 4.08. The second-order valence-corrected chi connectivity index (χ2v) is 9.43. The zero-order valence-electron chi connectivity index (χ0n) is 16.5. The van der Waals surface area contributed by atoms with Gasteiger partial charge in [0.2, 0.25) is 0 Å². The smallest absolute Gasteiger partial charge is 0.314 e. The molecule has 8 heteroatoms. The lowest BCUT2D eigenvalue weighted by molar-refractivity contribution is 0.173. The Morgan fingerprint density at radius 1 is 1.17 bits per heavy atom. The van der Waals surface area contributed by atoms with Crippen LogP contribution in [0.5, 0.6) is 0 Å².